The zero-order valence-electron chi connectivity index (χ0n) is 14.8. The van der Waals surface area contributed by atoms with Crippen LogP contribution in [0.25, 0.3) is 5.69 Å². The first-order chi connectivity index (χ1) is 12.9. The Morgan fingerprint density at radius 1 is 1.41 bits per heavy atom. The highest BCUT2D eigenvalue weighted by atomic mass is 35.5. The summed E-state index contributed by atoms with van der Waals surface area (Å²) in [6.07, 6.45) is 3.81. The number of benzene rings is 1. The van der Waals surface area contributed by atoms with Gasteiger partial charge in [0.2, 0.25) is 10.0 Å². The zero-order valence-corrected chi connectivity index (χ0v) is 17.1. The highest BCUT2D eigenvalue weighted by molar-refractivity contribution is 7.89. The lowest BCUT2D eigenvalue weighted by Crippen LogP contribution is -2.47. The quantitative estimate of drug-likeness (QED) is 0.725. The molecule has 1 aliphatic heterocycles. The van der Waals surface area contributed by atoms with Gasteiger partial charge < -0.3 is 9.47 Å². The Labute approximate surface area is 168 Å². The molecule has 0 amide bonds. The molecule has 148 valence electrons. The lowest BCUT2D eigenvalue weighted by Gasteiger charge is -2.31. The summed E-state index contributed by atoms with van der Waals surface area (Å²) in [6, 6.07) is 5.06. The second kappa shape index (κ2) is 8.79. The standard InChI is InChI=1S/C17H21Cl2N3O4S/c1-2-27(23,24)21-16-5-6-25-10-12(16)11-26-14-3-4-17(15(19)7-14)22-9-13(18)8-20-22/h3-4,7-9,12,16,21H,2,5-6,10-11H2,1H3/t12-,16+/m1/s1. The predicted molar refractivity (Wildman–Crippen MR) is 104 cm³/mol. The molecule has 1 fully saturated rings. The van der Waals surface area contributed by atoms with E-state index in [1.807, 2.05) is 0 Å². The van der Waals surface area contributed by atoms with Gasteiger partial charge in [0.05, 0.1) is 40.9 Å². The predicted octanol–water partition coefficient (Wildman–Crippen LogP) is 2.90. The lowest BCUT2D eigenvalue weighted by molar-refractivity contribution is 0.0186. The molecule has 1 aliphatic rings. The van der Waals surface area contributed by atoms with E-state index in [9.17, 15) is 8.42 Å². The van der Waals surface area contributed by atoms with E-state index in [1.165, 1.54) is 6.20 Å². The second-order valence-electron chi connectivity index (χ2n) is 6.28. The number of hydrogen-bond acceptors (Lipinski definition) is 5. The third-order valence-electron chi connectivity index (χ3n) is 4.37. The van der Waals surface area contributed by atoms with Gasteiger partial charge in [-0.1, -0.05) is 23.2 Å². The summed E-state index contributed by atoms with van der Waals surface area (Å²) >= 11 is 12.2. The van der Waals surface area contributed by atoms with Gasteiger partial charge in [0, 0.05) is 30.8 Å². The fraction of sp³-hybridized carbons (Fsp3) is 0.471. The Morgan fingerprint density at radius 2 is 2.22 bits per heavy atom. The Bertz CT molecular complexity index is 888. The van der Waals surface area contributed by atoms with Gasteiger partial charge in [-0.2, -0.15) is 5.10 Å². The van der Waals surface area contributed by atoms with Crippen molar-refractivity contribution >= 4 is 33.2 Å². The Kier molecular flexibility index (Phi) is 6.65. The van der Waals surface area contributed by atoms with Crippen LogP contribution in [0.1, 0.15) is 13.3 Å². The molecule has 7 nitrogen and oxygen atoms in total. The van der Waals surface area contributed by atoms with E-state index in [0.29, 0.717) is 47.7 Å². The van der Waals surface area contributed by atoms with Gasteiger partial charge in [0.1, 0.15) is 5.75 Å². The lowest BCUT2D eigenvalue weighted by atomic mass is 9.98. The molecule has 2 atom stereocenters. The minimum atomic E-state index is -3.28. The number of sulfonamides is 1. The molecule has 0 aliphatic carbocycles. The summed E-state index contributed by atoms with van der Waals surface area (Å²) in [5.41, 5.74) is 0.686. The van der Waals surface area contributed by atoms with Gasteiger partial charge in [0.15, 0.2) is 0 Å². The number of nitrogens with one attached hydrogen (secondary N) is 1. The van der Waals surface area contributed by atoms with Gasteiger partial charge >= 0.3 is 0 Å². The van der Waals surface area contributed by atoms with Crippen molar-refractivity contribution in [2.24, 2.45) is 5.92 Å². The molecule has 1 saturated heterocycles. The minimum absolute atomic E-state index is 0.0481. The first-order valence-corrected chi connectivity index (χ1v) is 11.0. The van der Waals surface area contributed by atoms with Crippen LogP contribution in [0.3, 0.4) is 0 Å². The Morgan fingerprint density at radius 3 is 2.89 bits per heavy atom. The van der Waals surface area contributed by atoms with Gasteiger partial charge in [-0.3, -0.25) is 0 Å². The highest BCUT2D eigenvalue weighted by Crippen LogP contribution is 2.27. The maximum absolute atomic E-state index is 11.9. The average molecular weight is 434 g/mol. The summed E-state index contributed by atoms with van der Waals surface area (Å²) in [6.45, 7) is 2.90. The maximum Gasteiger partial charge on any atom is 0.211 e. The molecular weight excluding hydrogens is 413 g/mol. The first-order valence-electron chi connectivity index (χ1n) is 8.58. The van der Waals surface area contributed by atoms with E-state index < -0.39 is 10.0 Å². The van der Waals surface area contributed by atoms with Crippen molar-refractivity contribution in [3.63, 3.8) is 0 Å². The molecule has 1 aromatic heterocycles. The topological polar surface area (TPSA) is 82.5 Å². The SMILES string of the molecule is CCS(=O)(=O)N[C@H]1CCOC[C@@H]1COc1ccc(-n2cc(Cl)cn2)c(Cl)c1. The smallest absolute Gasteiger partial charge is 0.211 e. The van der Waals surface area contributed by atoms with E-state index in [-0.39, 0.29) is 17.7 Å². The minimum Gasteiger partial charge on any atom is -0.493 e. The zero-order chi connectivity index (χ0) is 19.4. The van der Waals surface area contributed by atoms with E-state index in [4.69, 9.17) is 32.7 Å². The normalized spacial score (nSPS) is 20.6. The molecule has 2 aromatic rings. The molecule has 0 unspecified atom stereocenters. The van der Waals surface area contributed by atoms with Crippen molar-refractivity contribution in [3.05, 3.63) is 40.6 Å². The number of nitrogens with zero attached hydrogens (tertiary/aromatic N) is 2. The van der Waals surface area contributed by atoms with Crippen LogP contribution in [0.5, 0.6) is 5.75 Å². The molecule has 0 spiro atoms. The van der Waals surface area contributed by atoms with Crippen LogP contribution in [0.4, 0.5) is 0 Å². The largest absolute Gasteiger partial charge is 0.493 e. The van der Waals surface area contributed by atoms with Crippen LogP contribution in [-0.2, 0) is 14.8 Å². The number of halogens is 2. The number of ether oxygens (including phenoxy) is 2. The van der Waals surface area contributed by atoms with Gasteiger partial charge in [-0.05, 0) is 25.5 Å². The number of rotatable bonds is 7. The molecule has 3 rings (SSSR count). The number of aromatic nitrogens is 2. The first kappa shape index (κ1) is 20.4. The molecule has 0 bridgehead atoms. The third-order valence-corrected chi connectivity index (χ3v) is 6.29. The molecule has 1 aromatic carbocycles. The van der Waals surface area contributed by atoms with Gasteiger partial charge in [-0.15, -0.1) is 0 Å². The van der Waals surface area contributed by atoms with Crippen LogP contribution < -0.4 is 9.46 Å². The van der Waals surface area contributed by atoms with E-state index in [2.05, 4.69) is 9.82 Å². The third kappa shape index (κ3) is 5.36. The Hall–Kier alpha value is -1.32. The molecule has 0 radical (unpaired) electrons. The van der Waals surface area contributed by atoms with Crippen molar-refractivity contribution in [2.75, 3.05) is 25.6 Å². The van der Waals surface area contributed by atoms with Crippen molar-refractivity contribution in [1.29, 1.82) is 0 Å². The summed E-state index contributed by atoms with van der Waals surface area (Å²) in [5.74, 6) is 0.556. The van der Waals surface area contributed by atoms with Gasteiger partial charge in [-0.25, -0.2) is 17.8 Å². The average Bonchev–Trinajstić information content (AvgIpc) is 3.07. The van der Waals surface area contributed by atoms with Crippen molar-refractivity contribution in [1.82, 2.24) is 14.5 Å². The van der Waals surface area contributed by atoms with Crippen LogP contribution in [0.15, 0.2) is 30.6 Å². The molecule has 2 heterocycles. The fourth-order valence-electron chi connectivity index (χ4n) is 2.83. The van der Waals surface area contributed by atoms with Crippen LogP contribution >= 0.6 is 23.2 Å². The summed E-state index contributed by atoms with van der Waals surface area (Å²) < 4.78 is 39.4. The summed E-state index contributed by atoms with van der Waals surface area (Å²) in [4.78, 5) is 0. The van der Waals surface area contributed by atoms with Crippen LogP contribution in [0.2, 0.25) is 10.0 Å². The molecule has 0 saturated carbocycles. The monoisotopic (exact) mass is 433 g/mol. The van der Waals surface area contributed by atoms with Crippen LogP contribution in [0, 0.1) is 5.92 Å². The molecule has 10 heteroatoms. The van der Waals surface area contributed by atoms with Crippen molar-refractivity contribution < 1.29 is 17.9 Å². The summed E-state index contributed by atoms with van der Waals surface area (Å²) in [7, 11) is -3.28. The Balaban J connectivity index is 1.65. The van der Waals surface area contributed by atoms with Crippen LogP contribution in [-0.4, -0.2) is 49.8 Å². The number of hydrogen-bond donors (Lipinski definition) is 1. The van der Waals surface area contributed by atoms with Crippen molar-refractivity contribution in [3.8, 4) is 11.4 Å². The molecule has 1 N–H and O–H groups in total. The summed E-state index contributed by atoms with van der Waals surface area (Å²) in [5, 5.41) is 5.11. The van der Waals surface area contributed by atoms with Gasteiger partial charge in [0.25, 0.3) is 0 Å². The van der Waals surface area contributed by atoms with E-state index in [0.717, 1.165) is 0 Å². The highest BCUT2D eigenvalue weighted by Gasteiger charge is 2.29. The van der Waals surface area contributed by atoms with Crippen molar-refractivity contribution in [2.45, 2.75) is 19.4 Å². The maximum atomic E-state index is 11.9. The molecular formula is C17H21Cl2N3O4S. The molecule has 27 heavy (non-hydrogen) atoms. The second-order valence-corrected chi connectivity index (χ2v) is 9.16. The fourth-order valence-corrected chi connectivity index (χ4v) is 4.16. The van der Waals surface area contributed by atoms with E-state index >= 15 is 0 Å². The van der Waals surface area contributed by atoms with E-state index in [1.54, 1.807) is 36.0 Å².